The number of fused-ring (bicyclic) bond motifs is 6. The largest absolute Gasteiger partial charge is 0.497 e. The summed E-state index contributed by atoms with van der Waals surface area (Å²) >= 11 is 0. The molecule has 1 fully saturated rings. The number of esters is 1. The Kier molecular flexibility index (Phi) is 4.65. The number of nitrogens with zero attached hydrogens (tertiary/aromatic N) is 1. The number of carbonyl (C=O) groups is 1. The maximum atomic E-state index is 12.4. The predicted molar refractivity (Wildman–Crippen MR) is 112 cm³/mol. The number of ether oxygens (including phenoxy) is 4. The van der Waals surface area contributed by atoms with Crippen LogP contribution >= 0.6 is 0 Å². The molecule has 0 aliphatic carbocycles. The van der Waals surface area contributed by atoms with E-state index in [9.17, 15) is 4.79 Å². The summed E-state index contributed by atoms with van der Waals surface area (Å²) in [5, 5.41) is 1.19. The standard InChI is InChI=1S/C23H28N2O5/c1-12-16-10-25-6-5-13-15-8-20(27-2)21(28-3)9-18(15)24-22(13)19(25)7-14(16)17(11-30-12)23(26)29-4/h8-9,11-12,14,16,19,24H,5-7,10H2,1-4H3/t12-,14-,16-,19-/m0/s1. The lowest BCUT2D eigenvalue weighted by molar-refractivity contribution is -0.139. The second-order valence-electron chi connectivity index (χ2n) is 8.44. The molecule has 0 unspecified atom stereocenters. The number of methoxy groups -OCH3 is 3. The first-order chi connectivity index (χ1) is 14.5. The van der Waals surface area contributed by atoms with E-state index in [-0.39, 0.29) is 30.0 Å². The molecule has 0 amide bonds. The second-order valence-corrected chi connectivity index (χ2v) is 8.44. The number of carbonyl (C=O) groups excluding carboxylic acids is 1. The van der Waals surface area contributed by atoms with Gasteiger partial charge in [-0.2, -0.15) is 0 Å². The van der Waals surface area contributed by atoms with Gasteiger partial charge in [0, 0.05) is 47.6 Å². The molecular weight excluding hydrogens is 384 g/mol. The molecular formula is C23H28N2O5. The molecule has 1 aromatic heterocycles. The first-order valence-electron chi connectivity index (χ1n) is 10.5. The lowest BCUT2D eigenvalue weighted by atomic mass is 9.72. The molecule has 4 atom stereocenters. The fourth-order valence-electron chi connectivity index (χ4n) is 5.56. The van der Waals surface area contributed by atoms with E-state index in [4.69, 9.17) is 18.9 Å². The number of hydrogen-bond donors (Lipinski definition) is 1. The van der Waals surface area contributed by atoms with E-state index in [1.165, 1.54) is 23.8 Å². The van der Waals surface area contributed by atoms with Crippen LogP contribution in [0.1, 0.15) is 30.6 Å². The van der Waals surface area contributed by atoms with Crippen molar-refractivity contribution in [2.45, 2.75) is 31.9 Å². The number of nitrogens with one attached hydrogen (secondary N) is 1. The molecule has 1 saturated heterocycles. The third-order valence-corrected chi connectivity index (χ3v) is 7.14. The smallest absolute Gasteiger partial charge is 0.337 e. The molecule has 7 nitrogen and oxygen atoms in total. The monoisotopic (exact) mass is 412 g/mol. The van der Waals surface area contributed by atoms with E-state index in [1.807, 2.05) is 6.07 Å². The quantitative estimate of drug-likeness (QED) is 0.781. The molecule has 1 N–H and O–H groups in total. The number of hydrogen-bond acceptors (Lipinski definition) is 6. The van der Waals surface area contributed by atoms with E-state index >= 15 is 0 Å². The Morgan fingerprint density at radius 1 is 1.20 bits per heavy atom. The van der Waals surface area contributed by atoms with E-state index in [1.54, 1.807) is 20.5 Å². The van der Waals surface area contributed by atoms with Crippen LogP contribution in [0.3, 0.4) is 0 Å². The van der Waals surface area contributed by atoms with Crippen molar-refractivity contribution in [3.63, 3.8) is 0 Å². The highest BCUT2D eigenvalue weighted by Gasteiger charge is 2.47. The minimum Gasteiger partial charge on any atom is -0.497 e. The van der Waals surface area contributed by atoms with Gasteiger partial charge in [-0.1, -0.05) is 0 Å². The number of rotatable bonds is 3. The van der Waals surface area contributed by atoms with Crippen LogP contribution in [0.5, 0.6) is 11.5 Å². The summed E-state index contributed by atoms with van der Waals surface area (Å²) in [6.07, 6.45) is 3.56. The fourth-order valence-corrected chi connectivity index (χ4v) is 5.56. The Morgan fingerprint density at radius 2 is 1.97 bits per heavy atom. The lowest BCUT2D eigenvalue weighted by Crippen LogP contribution is -2.51. The van der Waals surface area contributed by atoms with Gasteiger partial charge < -0.3 is 23.9 Å². The Bertz CT molecular complexity index is 1030. The first kappa shape index (κ1) is 19.3. The summed E-state index contributed by atoms with van der Waals surface area (Å²) in [6.45, 7) is 4.00. The molecule has 3 aliphatic heterocycles. The number of aromatic amines is 1. The topological polar surface area (TPSA) is 73.0 Å². The molecule has 0 bridgehead atoms. The van der Waals surface area contributed by atoms with Crippen LogP contribution in [0.2, 0.25) is 0 Å². The van der Waals surface area contributed by atoms with E-state index in [2.05, 4.69) is 22.9 Å². The summed E-state index contributed by atoms with van der Waals surface area (Å²) in [6, 6.07) is 4.32. The molecule has 30 heavy (non-hydrogen) atoms. The maximum absolute atomic E-state index is 12.4. The fraction of sp³-hybridized carbons (Fsp3) is 0.522. The zero-order valence-corrected chi connectivity index (χ0v) is 17.9. The van der Waals surface area contributed by atoms with E-state index in [0.29, 0.717) is 5.57 Å². The van der Waals surface area contributed by atoms with Crippen molar-refractivity contribution >= 4 is 16.9 Å². The van der Waals surface area contributed by atoms with Gasteiger partial charge in [0.25, 0.3) is 0 Å². The van der Waals surface area contributed by atoms with Crippen molar-refractivity contribution in [2.75, 3.05) is 34.4 Å². The lowest BCUT2D eigenvalue weighted by Gasteiger charge is -2.49. The van der Waals surface area contributed by atoms with Gasteiger partial charge in [-0.15, -0.1) is 0 Å². The van der Waals surface area contributed by atoms with Crippen LogP contribution in [-0.2, 0) is 20.7 Å². The number of piperidine rings is 1. The Balaban J connectivity index is 1.56. The van der Waals surface area contributed by atoms with Gasteiger partial charge in [-0.05, 0) is 31.4 Å². The molecule has 7 heteroatoms. The minimum absolute atomic E-state index is 0.0852. The van der Waals surface area contributed by atoms with Gasteiger partial charge in [-0.3, -0.25) is 4.90 Å². The maximum Gasteiger partial charge on any atom is 0.337 e. The minimum atomic E-state index is -0.285. The van der Waals surface area contributed by atoms with Crippen molar-refractivity contribution in [3.05, 3.63) is 35.2 Å². The number of benzene rings is 1. The van der Waals surface area contributed by atoms with Crippen molar-refractivity contribution < 1.29 is 23.7 Å². The molecule has 0 spiro atoms. The highest BCUT2D eigenvalue weighted by atomic mass is 16.5. The molecule has 2 aromatic rings. The predicted octanol–water partition coefficient (Wildman–Crippen LogP) is 3.20. The summed E-state index contributed by atoms with van der Waals surface area (Å²) < 4.78 is 21.9. The van der Waals surface area contributed by atoms with E-state index in [0.717, 1.165) is 42.9 Å². The van der Waals surface area contributed by atoms with Crippen LogP contribution in [0.15, 0.2) is 24.0 Å². The summed E-state index contributed by atoms with van der Waals surface area (Å²) in [4.78, 5) is 18.6. The molecule has 5 rings (SSSR count). The highest BCUT2D eigenvalue weighted by molar-refractivity contribution is 5.89. The normalized spacial score (nSPS) is 27.9. The van der Waals surface area contributed by atoms with Crippen molar-refractivity contribution in [3.8, 4) is 11.5 Å². The second kappa shape index (κ2) is 7.23. The third kappa shape index (κ3) is 2.79. The van der Waals surface area contributed by atoms with E-state index < -0.39 is 0 Å². The van der Waals surface area contributed by atoms with Crippen LogP contribution in [0.25, 0.3) is 10.9 Å². The molecule has 4 heterocycles. The van der Waals surface area contributed by atoms with Crippen LogP contribution in [0.4, 0.5) is 0 Å². The van der Waals surface area contributed by atoms with Gasteiger partial charge in [0.1, 0.15) is 0 Å². The van der Waals surface area contributed by atoms with Gasteiger partial charge in [0.15, 0.2) is 11.5 Å². The van der Waals surface area contributed by atoms with Gasteiger partial charge in [0.05, 0.1) is 45.3 Å². The van der Waals surface area contributed by atoms with Crippen LogP contribution in [-0.4, -0.2) is 56.4 Å². The first-order valence-corrected chi connectivity index (χ1v) is 10.5. The molecule has 1 aromatic carbocycles. The SMILES string of the molecule is COC(=O)C1=CO[C@@H](C)[C@@H]2CN3CCc4c([nH]c5cc(OC)c(OC)cc45)[C@@H]3C[C@H]12. The third-order valence-electron chi connectivity index (χ3n) is 7.14. The Labute approximate surface area is 175 Å². The molecule has 0 saturated carbocycles. The zero-order valence-electron chi connectivity index (χ0n) is 17.9. The number of aromatic nitrogens is 1. The summed E-state index contributed by atoms with van der Waals surface area (Å²) in [5.41, 5.74) is 4.31. The van der Waals surface area contributed by atoms with Crippen molar-refractivity contribution in [1.82, 2.24) is 9.88 Å². The molecule has 3 aliphatic rings. The van der Waals surface area contributed by atoms with Gasteiger partial charge in [0.2, 0.25) is 0 Å². The van der Waals surface area contributed by atoms with Gasteiger partial charge >= 0.3 is 5.97 Å². The number of H-pyrrole nitrogens is 1. The highest BCUT2D eigenvalue weighted by Crippen LogP contribution is 2.48. The Morgan fingerprint density at radius 3 is 2.70 bits per heavy atom. The molecule has 160 valence electrons. The van der Waals surface area contributed by atoms with Crippen molar-refractivity contribution in [1.29, 1.82) is 0 Å². The average Bonchev–Trinajstić information content (AvgIpc) is 3.14. The van der Waals surface area contributed by atoms with Crippen LogP contribution < -0.4 is 9.47 Å². The Hall–Kier alpha value is -2.67. The van der Waals surface area contributed by atoms with Gasteiger partial charge in [-0.25, -0.2) is 4.79 Å². The van der Waals surface area contributed by atoms with Crippen molar-refractivity contribution in [2.24, 2.45) is 11.8 Å². The average molecular weight is 412 g/mol. The van der Waals surface area contributed by atoms with Crippen LogP contribution in [0, 0.1) is 11.8 Å². The zero-order chi connectivity index (χ0) is 21.0. The molecule has 0 radical (unpaired) electrons. The summed E-state index contributed by atoms with van der Waals surface area (Å²) in [5.74, 6) is 1.59. The summed E-state index contributed by atoms with van der Waals surface area (Å²) in [7, 11) is 4.75.